The molecule has 0 aliphatic carbocycles. The molecule has 0 spiro atoms. The van der Waals surface area contributed by atoms with E-state index in [1.54, 1.807) is 50.4 Å². The molecule has 170 valence electrons. The van der Waals surface area contributed by atoms with Crippen molar-refractivity contribution in [3.63, 3.8) is 0 Å². The normalized spacial score (nSPS) is 11.6. The van der Waals surface area contributed by atoms with Gasteiger partial charge < -0.3 is 19.6 Å². The number of hydrogen-bond acceptors (Lipinski definition) is 6. The van der Waals surface area contributed by atoms with E-state index in [0.717, 1.165) is 11.1 Å². The minimum atomic E-state index is -0.836. The number of nitrogens with zero attached hydrogens (tertiary/aromatic N) is 1. The molecular weight excluding hydrogens is 420 g/mol. The Morgan fingerprint density at radius 1 is 1.00 bits per heavy atom. The van der Waals surface area contributed by atoms with Crippen molar-refractivity contribution in [1.82, 2.24) is 0 Å². The van der Waals surface area contributed by atoms with Gasteiger partial charge in [-0.05, 0) is 49.7 Å². The van der Waals surface area contributed by atoms with Crippen molar-refractivity contribution in [1.29, 1.82) is 0 Å². The highest BCUT2D eigenvalue weighted by Crippen LogP contribution is 2.28. The molecule has 3 aromatic carbocycles. The summed E-state index contributed by atoms with van der Waals surface area (Å²) in [7, 11) is 1.57. The molecule has 3 aromatic rings. The van der Waals surface area contributed by atoms with Crippen LogP contribution in [0.15, 0.2) is 78.0 Å². The van der Waals surface area contributed by atoms with Crippen LogP contribution in [0.3, 0.4) is 0 Å². The van der Waals surface area contributed by atoms with Crippen molar-refractivity contribution in [2.24, 2.45) is 5.16 Å². The van der Waals surface area contributed by atoms with Crippen LogP contribution in [0.1, 0.15) is 35.3 Å². The minimum Gasteiger partial charge on any atom is -0.493 e. The number of Topliss-reactive ketones (excluding diaryl/α,β-unsaturated/α-hetero) is 1. The number of amides is 1. The first-order valence-electron chi connectivity index (χ1n) is 10.4. The lowest BCUT2D eigenvalue weighted by atomic mass is 10.1. The summed E-state index contributed by atoms with van der Waals surface area (Å²) in [5.74, 6) is 0.716. The molecule has 0 saturated heterocycles. The number of anilines is 1. The van der Waals surface area contributed by atoms with Crippen LogP contribution in [0.4, 0.5) is 5.69 Å². The predicted octanol–water partition coefficient (Wildman–Crippen LogP) is 4.85. The van der Waals surface area contributed by atoms with Gasteiger partial charge in [0.05, 0.1) is 13.3 Å². The molecule has 1 unspecified atom stereocenters. The fourth-order valence-electron chi connectivity index (χ4n) is 2.91. The van der Waals surface area contributed by atoms with Gasteiger partial charge in [-0.2, -0.15) is 0 Å². The highest BCUT2D eigenvalue weighted by atomic mass is 16.6. The van der Waals surface area contributed by atoms with E-state index in [1.165, 1.54) is 13.1 Å². The number of oxime groups is 1. The number of carbonyl (C=O) groups excluding carboxylic acids is 2. The van der Waals surface area contributed by atoms with E-state index < -0.39 is 6.10 Å². The first-order valence-corrected chi connectivity index (χ1v) is 10.4. The molecule has 33 heavy (non-hydrogen) atoms. The van der Waals surface area contributed by atoms with Crippen LogP contribution in [0, 0.1) is 0 Å². The molecule has 0 aliphatic rings. The quantitative estimate of drug-likeness (QED) is 0.273. The molecule has 0 fully saturated rings. The van der Waals surface area contributed by atoms with Crippen LogP contribution in [0.5, 0.6) is 11.5 Å². The van der Waals surface area contributed by atoms with Gasteiger partial charge in [0.1, 0.15) is 6.61 Å². The van der Waals surface area contributed by atoms with Crippen LogP contribution < -0.4 is 14.8 Å². The maximum atomic E-state index is 12.3. The monoisotopic (exact) mass is 446 g/mol. The maximum Gasteiger partial charge on any atom is 0.267 e. The van der Waals surface area contributed by atoms with Crippen LogP contribution in [-0.4, -0.2) is 31.1 Å². The van der Waals surface area contributed by atoms with Gasteiger partial charge >= 0.3 is 0 Å². The van der Waals surface area contributed by atoms with Crippen LogP contribution in [0.2, 0.25) is 0 Å². The highest BCUT2D eigenvalue weighted by Gasteiger charge is 2.15. The number of methoxy groups -OCH3 is 1. The van der Waals surface area contributed by atoms with Gasteiger partial charge in [-0.1, -0.05) is 47.6 Å². The third-order valence-corrected chi connectivity index (χ3v) is 4.75. The highest BCUT2D eigenvalue weighted by molar-refractivity contribution is 5.98. The Bertz CT molecular complexity index is 1130. The Morgan fingerprint density at radius 3 is 2.52 bits per heavy atom. The van der Waals surface area contributed by atoms with Crippen LogP contribution in [0.25, 0.3) is 0 Å². The molecule has 1 N–H and O–H groups in total. The molecular formula is C26H26N2O5. The van der Waals surface area contributed by atoms with Crippen molar-refractivity contribution in [3.8, 4) is 11.5 Å². The average Bonchev–Trinajstić information content (AvgIpc) is 2.83. The number of nitrogens with one attached hydrogen (secondary N) is 1. The summed E-state index contributed by atoms with van der Waals surface area (Å²) in [5.41, 5.74) is 2.81. The second-order valence-electron chi connectivity index (χ2n) is 7.29. The van der Waals surface area contributed by atoms with Crippen molar-refractivity contribution in [3.05, 3.63) is 89.5 Å². The van der Waals surface area contributed by atoms with Crippen molar-refractivity contribution >= 4 is 23.6 Å². The molecule has 0 aliphatic heterocycles. The molecule has 0 bridgehead atoms. The topological polar surface area (TPSA) is 86.2 Å². The summed E-state index contributed by atoms with van der Waals surface area (Å²) in [4.78, 5) is 29.1. The van der Waals surface area contributed by atoms with E-state index in [2.05, 4.69) is 10.5 Å². The van der Waals surface area contributed by atoms with Crippen molar-refractivity contribution in [2.45, 2.75) is 26.6 Å². The fraction of sp³-hybridized carbons (Fsp3) is 0.192. The van der Waals surface area contributed by atoms with E-state index in [4.69, 9.17) is 14.3 Å². The molecule has 0 heterocycles. The molecule has 3 rings (SSSR count). The maximum absolute atomic E-state index is 12.3. The lowest BCUT2D eigenvalue weighted by Gasteiger charge is -2.12. The lowest BCUT2D eigenvalue weighted by Crippen LogP contribution is -2.26. The number of carbonyl (C=O) groups is 2. The fourth-order valence-corrected chi connectivity index (χ4v) is 2.91. The number of benzene rings is 3. The molecule has 0 saturated carbocycles. The van der Waals surface area contributed by atoms with Crippen molar-refractivity contribution in [2.75, 3.05) is 12.4 Å². The van der Waals surface area contributed by atoms with Gasteiger partial charge in [0.25, 0.3) is 5.91 Å². The summed E-state index contributed by atoms with van der Waals surface area (Å²) in [6.07, 6.45) is 0.654. The Balaban J connectivity index is 1.56. The largest absolute Gasteiger partial charge is 0.493 e. The zero-order chi connectivity index (χ0) is 23.6. The van der Waals surface area contributed by atoms with Crippen molar-refractivity contribution < 1.29 is 23.9 Å². The molecule has 1 amide bonds. The number of ether oxygens (including phenoxy) is 2. The standard InChI is InChI=1S/C26H26N2O5/c1-18(29)22-10-7-11-23(15-22)28-26(30)19(2)33-27-16-21-12-13-24(25(14-21)31-3)32-17-20-8-5-4-6-9-20/h4-16,19H,17H2,1-3H3,(H,28,30)/b27-16+. The molecule has 0 radical (unpaired) electrons. The number of rotatable bonds is 10. The van der Waals surface area contributed by atoms with Gasteiger partial charge in [-0.15, -0.1) is 0 Å². The average molecular weight is 447 g/mol. The third kappa shape index (κ3) is 6.93. The summed E-state index contributed by atoms with van der Waals surface area (Å²) in [6.45, 7) is 3.48. The second-order valence-corrected chi connectivity index (χ2v) is 7.29. The van der Waals surface area contributed by atoms with Gasteiger partial charge in [0, 0.05) is 16.8 Å². The van der Waals surface area contributed by atoms with Gasteiger partial charge in [0.15, 0.2) is 17.3 Å². The number of hydrogen-bond donors (Lipinski definition) is 1. The molecule has 7 heteroatoms. The summed E-state index contributed by atoms with van der Waals surface area (Å²) >= 11 is 0. The Hall–Kier alpha value is -4.13. The minimum absolute atomic E-state index is 0.0769. The SMILES string of the molecule is COc1cc(/C=N/OC(C)C(=O)Nc2cccc(C(C)=O)c2)ccc1OCc1ccccc1. The zero-order valence-corrected chi connectivity index (χ0v) is 18.8. The van der Waals surface area contributed by atoms with Crippen LogP contribution >= 0.6 is 0 Å². The Kier molecular flexibility index (Phi) is 8.18. The predicted molar refractivity (Wildman–Crippen MR) is 127 cm³/mol. The molecule has 1 atom stereocenters. The Morgan fingerprint density at radius 2 is 1.79 bits per heavy atom. The second kappa shape index (κ2) is 11.5. The van der Waals surface area contributed by atoms with Crippen LogP contribution in [-0.2, 0) is 16.2 Å². The van der Waals surface area contributed by atoms with Gasteiger partial charge in [-0.25, -0.2) is 0 Å². The first kappa shape index (κ1) is 23.5. The first-order chi connectivity index (χ1) is 16.0. The van der Waals surface area contributed by atoms with Gasteiger partial charge in [-0.3, -0.25) is 9.59 Å². The lowest BCUT2D eigenvalue weighted by molar-refractivity contribution is -0.126. The zero-order valence-electron chi connectivity index (χ0n) is 18.8. The summed E-state index contributed by atoms with van der Waals surface area (Å²) in [5, 5.41) is 6.62. The van der Waals surface area contributed by atoms with E-state index in [9.17, 15) is 9.59 Å². The van der Waals surface area contributed by atoms with E-state index in [-0.39, 0.29) is 11.7 Å². The van der Waals surface area contributed by atoms with E-state index in [1.807, 2.05) is 36.4 Å². The molecule has 0 aromatic heterocycles. The third-order valence-electron chi connectivity index (χ3n) is 4.75. The van der Waals surface area contributed by atoms with Gasteiger partial charge in [0.2, 0.25) is 6.10 Å². The number of ketones is 1. The smallest absolute Gasteiger partial charge is 0.267 e. The molecule has 7 nitrogen and oxygen atoms in total. The van der Waals surface area contributed by atoms with E-state index in [0.29, 0.717) is 29.4 Å². The summed E-state index contributed by atoms with van der Waals surface area (Å²) in [6, 6.07) is 21.9. The van der Waals surface area contributed by atoms with E-state index >= 15 is 0 Å². The Labute approximate surface area is 193 Å². The summed E-state index contributed by atoms with van der Waals surface area (Å²) < 4.78 is 11.3.